The van der Waals surface area contributed by atoms with E-state index < -0.39 is 5.82 Å². The first-order valence-electron chi connectivity index (χ1n) is 5.86. The number of methoxy groups -OCH3 is 1. The molecule has 0 amide bonds. The van der Waals surface area contributed by atoms with Crippen LogP contribution in [0.4, 0.5) is 4.39 Å². The summed E-state index contributed by atoms with van der Waals surface area (Å²) >= 11 is 0. The average Bonchev–Trinajstić information content (AvgIpc) is 2.45. The largest absolute Gasteiger partial charge is 0.485 e. The Kier molecular flexibility index (Phi) is 4.06. The topological polar surface area (TPSA) is 48.4 Å². The van der Waals surface area contributed by atoms with E-state index in [1.165, 1.54) is 7.11 Å². The Morgan fingerprint density at radius 1 is 1.42 bits per heavy atom. The highest BCUT2D eigenvalue weighted by atomic mass is 19.1. The quantitative estimate of drug-likeness (QED) is 0.778. The van der Waals surface area contributed by atoms with Crippen molar-refractivity contribution in [3.05, 3.63) is 35.8 Å². The summed E-state index contributed by atoms with van der Waals surface area (Å²) in [5.74, 6) is -0.700. The van der Waals surface area contributed by atoms with Crippen LogP contribution in [0.15, 0.2) is 24.3 Å². The second-order valence-electron chi connectivity index (χ2n) is 4.13. The molecule has 4 nitrogen and oxygen atoms in total. The van der Waals surface area contributed by atoms with Gasteiger partial charge < -0.3 is 9.47 Å². The van der Waals surface area contributed by atoms with Gasteiger partial charge in [-0.05, 0) is 19.1 Å². The van der Waals surface area contributed by atoms with Crippen molar-refractivity contribution in [1.82, 2.24) is 4.98 Å². The number of halogens is 1. The van der Waals surface area contributed by atoms with Crippen LogP contribution in [0.25, 0.3) is 10.9 Å². The van der Waals surface area contributed by atoms with E-state index in [1.54, 1.807) is 31.2 Å². The number of aromatic nitrogens is 1. The monoisotopic (exact) mass is 263 g/mol. The summed E-state index contributed by atoms with van der Waals surface area (Å²) in [6.45, 7) is 1.93. The fraction of sp³-hybridized carbons (Fsp3) is 0.286. The van der Waals surface area contributed by atoms with Crippen molar-refractivity contribution in [3.8, 4) is 5.75 Å². The number of fused-ring (bicyclic) bond motifs is 1. The standard InChI is InChI=1S/C14H14FNO3/c1-9(18-2)8-19-14-12(7-17)16-11-6-4-3-5-10(11)13(14)15/h3-7,9H,8H2,1-2H3/t9-/m1/s1. The Bertz CT molecular complexity index is 601. The molecule has 0 fully saturated rings. The molecule has 0 bridgehead atoms. The van der Waals surface area contributed by atoms with E-state index in [4.69, 9.17) is 9.47 Å². The lowest BCUT2D eigenvalue weighted by atomic mass is 10.2. The van der Waals surface area contributed by atoms with E-state index in [-0.39, 0.29) is 24.2 Å². The van der Waals surface area contributed by atoms with Gasteiger partial charge in [-0.1, -0.05) is 12.1 Å². The van der Waals surface area contributed by atoms with Crippen LogP contribution in [-0.4, -0.2) is 31.1 Å². The van der Waals surface area contributed by atoms with E-state index in [9.17, 15) is 9.18 Å². The number of carbonyl (C=O) groups excluding carboxylic acids is 1. The van der Waals surface area contributed by atoms with Crippen LogP contribution in [0.5, 0.6) is 5.75 Å². The zero-order valence-corrected chi connectivity index (χ0v) is 10.7. The van der Waals surface area contributed by atoms with Crippen LogP contribution >= 0.6 is 0 Å². The van der Waals surface area contributed by atoms with Gasteiger partial charge in [-0.15, -0.1) is 0 Å². The van der Waals surface area contributed by atoms with Crippen molar-refractivity contribution in [2.24, 2.45) is 0 Å². The highest BCUT2D eigenvalue weighted by Gasteiger charge is 2.16. The van der Waals surface area contributed by atoms with Crippen LogP contribution in [0, 0.1) is 5.82 Å². The van der Waals surface area contributed by atoms with Crippen LogP contribution in [0.3, 0.4) is 0 Å². The third kappa shape index (κ3) is 2.71. The van der Waals surface area contributed by atoms with Crippen LogP contribution in [0.1, 0.15) is 17.4 Å². The zero-order chi connectivity index (χ0) is 13.8. The number of pyridine rings is 1. The molecule has 1 aromatic carbocycles. The second-order valence-corrected chi connectivity index (χ2v) is 4.13. The van der Waals surface area contributed by atoms with Gasteiger partial charge in [0.05, 0.1) is 11.6 Å². The number of para-hydroxylation sites is 1. The third-order valence-corrected chi connectivity index (χ3v) is 2.79. The maximum absolute atomic E-state index is 14.3. The summed E-state index contributed by atoms with van der Waals surface area (Å²) in [7, 11) is 1.53. The Hall–Kier alpha value is -2.01. The minimum Gasteiger partial charge on any atom is -0.485 e. The molecule has 0 aliphatic carbocycles. The Balaban J connectivity index is 2.46. The Morgan fingerprint density at radius 2 is 2.16 bits per heavy atom. The first kappa shape index (κ1) is 13.4. The van der Waals surface area contributed by atoms with Gasteiger partial charge in [-0.25, -0.2) is 9.37 Å². The van der Waals surface area contributed by atoms with E-state index >= 15 is 0 Å². The van der Waals surface area contributed by atoms with Crippen molar-refractivity contribution in [3.63, 3.8) is 0 Å². The summed E-state index contributed by atoms with van der Waals surface area (Å²) in [6.07, 6.45) is 0.285. The van der Waals surface area contributed by atoms with Gasteiger partial charge in [0.25, 0.3) is 0 Å². The molecule has 0 unspecified atom stereocenters. The van der Waals surface area contributed by atoms with Gasteiger partial charge >= 0.3 is 0 Å². The predicted octanol–water partition coefficient (Wildman–Crippen LogP) is 2.60. The molecule has 0 saturated carbocycles. The summed E-state index contributed by atoms with van der Waals surface area (Å²) in [5.41, 5.74) is 0.383. The number of aldehydes is 1. The molecule has 2 rings (SSSR count). The van der Waals surface area contributed by atoms with E-state index in [2.05, 4.69) is 4.98 Å². The highest BCUT2D eigenvalue weighted by Crippen LogP contribution is 2.27. The predicted molar refractivity (Wildman–Crippen MR) is 69.1 cm³/mol. The number of rotatable bonds is 5. The minimum absolute atomic E-state index is 0.0421. The lowest BCUT2D eigenvalue weighted by Gasteiger charge is -2.14. The SMILES string of the molecule is CO[C@H](C)COc1c(C=O)nc2ccccc2c1F. The van der Waals surface area contributed by atoms with Crippen LogP contribution in [0.2, 0.25) is 0 Å². The zero-order valence-electron chi connectivity index (χ0n) is 10.7. The molecule has 0 radical (unpaired) electrons. The van der Waals surface area contributed by atoms with E-state index in [1.807, 2.05) is 0 Å². The molecule has 5 heteroatoms. The Labute approximate surface area is 110 Å². The molecule has 0 saturated heterocycles. The van der Waals surface area contributed by atoms with Gasteiger partial charge in [0.15, 0.2) is 17.9 Å². The number of ether oxygens (including phenoxy) is 2. The molecule has 0 N–H and O–H groups in total. The fourth-order valence-corrected chi connectivity index (χ4v) is 1.66. The molecule has 2 aromatic rings. The first-order chi connectivity index (χ1) is 9.17. The van der Waals surface area contributed by atoms with Crippen molar-refractivity contribution in [2.75, 3.05) is 13.7 Å². The summed E-state index contributed by atoms with van der Waals surface area (Å²) in [6, 6.07) is 6.68. The summed E-state index contributed by atoms with van der Waals surface area (Å²) < 4.78 is 24.6. The van der Waals surface area contributed by atoms with Gasteiger partial charge in [-0.2, -0.15) is 0 Å². The number of nitrogens with zero attached hydrogens (tertiary/aromatic N) is 1. The van der Waals surface area contributed by atoms with Gasteiger partial charge in [-0.3, -0.25) is 4.79 Å². The van der Waals surface area contributed by atoms with Crippen molar-refractivity contribution in [1.29, 1.82) is 0 Å². The van der Waals surface area contributed by atoms with Gasteiger partial charge in [0, 0.05) is 12.5 Å². The second kappa shape index (κ2) is 5.75. The van der Waals surface area contributed by atoms with Crippen molar-refractivity contribution < 1.29 is 18.7 Å². The molecule has 19 heavy (non-hydrogen) atoms. The highest BCUT2D eigenvalue weighted by molar-refractivity contribution is 5.87. The molecule has 1 aromatic heterocycles. The van der Waals surface area contributed by atoms with Crippen LogP contribution in [-0.2, 0) is 4.74 Å². The molecule has 100 valence electrons. The maximum Gasteiger partial charge on any atom is 0.184 e. The van der Waals surface area contributed by atoms with E-state index in [0.29, 0.717) is 17.2 Å². The average molecular weight is 263 g/mol. The summed E-state index contributed by atoms with van der Waals surface area (Å²) in [4.78, 5) is 15.1. The molecule has 0 aliphatic rings. The van der Waals surface area contributed by atoms with Crippen molar-refractivity contribution in [2.45, 2.75) is 13.0 Å². The normalized spacial score (nSPS) is 12.4. The number of benzene rings is 1. The molecule has 1 atom stereocenters. The number of hydrogen-bond donors (Lipinski definition) is 0. The molecular formula is C14H14FNO3. The third-order valence-electron chi connectivity index (χ3n) is 2.79. The molecule has 1 heterocycles. The lowest BCUT2D eigenvalue weighted by Crippen LogP contribution is -2.17. The first-order valence-corrected chi connectivity index (χ1v) is 5.86. The number of hydrogen-bond acceptors (Lipinski definition) is 4. The fourth-order valence-electron chi connectivity index (χ4n) is 1.66. The van der Waals surface area contributed by atoms with Gasteiger partial charge in [0.1, 0.15) is 12.3 Å². The van der Waals surface area contributed by atoms with E-state index in [0.717, 1.165) is 0 Å². The lowest BCUT2D eigenvalue weighted by molar-refractivity contribution is 0.0695. The molecule has 0 spiro atoms. The molecular weight excluding hydrogens is 249 g/mol. The Morgan fingerprint density at radius 3 is 2.84 bits per heavy atom. The van der Waals surface area contributed by atoms with Gasteiger partial charge in [0.2, 0.25) is 0 Å². The maximum atomic E-state index is 14.3. The summed E-state index contributed by atoms with van der Waals surface area (Å²) in [5, 5.41) is 0.327. The van der Waals surface area contributed by atoms with Crippen molar-refractivity contribution >= 4 is 17.2 Å². The molecule has 0 aliphatic heterocycles. The number of carbonyl (C=O) groups is 1. The van der Waals surface area contributed by atoms with Crippen LogP contribution < -0.4 is 4.74 Å². The smallest absolute Gasteiger partial charge is 0.184 e. The minimum atomic E-state index is -0.573.